The number of rotatable bonds is 4. The third-order valence-corrected chi connectivity index (χ3v) is 2.42. The smallest absolute Gasteiger partial charge is 0.337 e. The first-order valence-electron chi connectivity index (χ1n) is 4.77. The molecule has 0 aliphatic carbocycles. The van der Waals surface area contributed by atoms with Crippen molar-refractivity contribution in [1.29, 1.82) is 0 Å². The number of hydrogen-bond donors (Lipinski definition) is 3. The summed E-state index contributed by atoms with van der Waals surface area (Å²) in [6, 6.07) is 3.91. The number of phenolic OH excluding ortho intramolecular Hbond substituents is 1. The van der Waals surface area contributed by atoms with Crippen molar-refractivity contribution < 1.29 is 24.9 Å². The SMILES string of the molecule is CC(Cl)C(=O)c1cccc(C(O)C(=O)O)c1O. The third kappa shape index (κ3) is 2.75. The van der Waals surface area contributed by atoms with Gasteiger partial charge in [-0.2, -0.15) is 0 Å². The van der Waals surface area contributed by atoms with Crippen molar-refractivity contribution in [2.45, 2.75) is 18.4 Å². The lowest BCUT2D eigenvalue weighted by Crippen LogP contribution is -2.14. The van der Waals surface area contributed by atoms with Gasteiger partial charge in [-0.25, -0.2) is 4.79 Å². The van der Waals surface area contributed by atoms with Crippen molar-refractivity contribution in [2.75, 3.05) is 0 Å². The van der Waals surface area contributed by atoms with E-state index in [0.717, 1.165) is 0 Å². The fourth-order valence-electron chi connectivity index (χ4n) is 1.33. The summed E-state index contributed by atoms with van der Waals surface area (Å²) in [6.45, 7) is 1.43. The van der Waals surface area contributed by atoms with E-state index in [1.807, 2.05) is 0 Å². The summed E-state index contributed by atoms with van der Waals surface area (Å²) in [5.74, 6) is -2.60. The van der Waals surface area contributed by atoms with E-state index in [1.165, 1.54) is 25.1 Å². The van der Waals surface area contributed by atoms with Gasteiger partial charge >= 0.3 is 5.97 Å². The van der Waals surface area contributed by atoms with Crippen molar-refractivity contribution in [3.8, 4) is 5.75 Å². The van der Waals surface area contributed by atoms with Gasteiger partial charge in [0.15, 0.2) is 11.9 Å². The number of aliphatic hydroxyl groups is 1. The number of alkyl halides is 1. The molecule has 2 unspecified atom stereocenters. The first kappa shape index (κ1) is 13.5. The van der Waals surface area contributed by atoms with E-state index < -0.39 is 29.0 Å². The quantitative estimate of drug-likeness (QED) is 0.559. The molecule has 0 saturated heterocycles. The fourth-order valence-corrected chi connectivity index (χ4v) is 1.45. The number of para-hydroxylation sites is 1. The predicted octanol–water partition coefficient (Wildman–Crippen LogP) is 1.32. The molecule has 1 aromatic rings. The summed E-state index contributed by atoms with van der Waals surface area (Å²) >= 11 is 5.59. The molecule has 5 nitrogen and oxygen atoms in total. The van der Waals surface area contributed by atoms with Crippen molar-refractivity contribution >= 4 is 23.4 Å². The van der Waals surface area contributed by atoms with Gasteiger partial charge in [-0.15, -0.1) is 11.6 Å². The lowest BCUT2D eigenvalue weighted by atomic mass is 10.0. The number of aliphatic carboxylic acids is 1. The predicted molar refractivity (Wildman–Crippen MR) is 60.3 cm³/mol. The first-order valence-corrected chi connectivity index (χ1v) is 5.21. The number of carbonyl (C=O) groups excluding carboxylic acids is 1. The summed E-state index contributed by atoms with van der Waals surface area (Å²) < 4.78 is 0. The monoisotopic (exact) mass is 258 g/mol. The molecule has 3 N–H and O–H groups in total. The van der Waals surface area contributed by atoms with Crippen LogP contribution in [-0.4, -0.2) is 32.4 Å². The number of hydrogen-bond acceptors (Lipinski definition) is 4. The molecule has 0 aliphatic heterocycles. The van der Waals surface area contributed by atoms with Gasteiger partial charge in [-0.1, -0.05) is 12.1 Å². The van der Waals surface area contributed by atoms with E-state index in [0.29, 0.717) is 0 Å². The largest absolute Gasteiger partial charge is 0.507 e. The van der Waals surface area contributed by atoms with E-state index in [2.05, 4.69) is 0 Å². The highest BCUT2D eigenvalue weighted by Crippen LogP contribution is 2.29. The zero-order valence-corrected chi connectivity index (χ0v) is 9.68. The molecule has 0 heterocycles. The highest BCUT2D eigenvalue weighted by Gasteiger charge is 2.24. The second kappa shape index (κ2) is 5.16. The van der Waals surface area contributed by atoms with Gasteiger partial charge in [-0.3, -0.25) is 4.79 Å². The number of ketones is 1. The molecule has 0 spiro atoms. The Hall–Kier alpha value is -1.59. The molecular formula is C11H11ClO5. The Morgan fingerprint density at radius 2 is 1.94 bits per heavy atom. The topological polar surface area (TPSA) is 94.8 Å². The Labute approximate surface area is 102 Å². The number of Topliss-reactive ketones (excluding diaryl/α,β-unsaturated/α-hetero) is 1. The highest BCUT2D eigenvalue weighted by molar-refractivity contribution is 6.34. The Morgan fingerprint density at radius 1 is 1.35 bits per heavy atom. The number of carbonyl (C=O) groups is 2. The van der Waals surface area contributed by atoms with Crippen LogP contribution in [0.4, 0.5) is 0 Å². The van der Waals surface area contributed by atoms with Crippen LogP contribution in [0.25, 0.3) is 0 Å². The van der Waals surface area contributed by atoms with Crippen LogP contribution >= 0.6 is 11.6 Å². The number of carboxylic acid groups (broad SMARTS) is 1. The maximum Gasteiger partial charge on any atom is 0.337 e. The average Bonchev–Trinajstić information content (AvgIpc) is 2.27. The van der Waals surface area contributed by atoms with Gasteiger partial charge in [0, 0.05) is 5.56 Å². The van der Waals surface area contributed by atoms with Gasteiger partial charge in [-0.05, 0) is 13.0 Å². The molecule has 0 fully saturated rings. The van der Waals surface area contributed by atoms with Gasteiger partial charge in [0.2, 0.25) is 0 Å². The molecule has 0 bridgehead atoms. The molecule has 2 atom stereocenters. The maximum absolute atomic E-state index is 11.6. The van der Waals surface area contributed by atoms with Crippen LogP contribution in [0.5, 0.6) is 5.75 Å². The maximum atomic E-state index is 11.6. The second-order valence-electron chi connectivity index (χ2n) is 3.46. The normalized spacial score (nSPS) is 14.1. The summed E-state index contributed by atoms with van der Waals surface area (Å²) in [6.07, 6.45) is -1.88. The standard InChI is InChI=1S/C11H11ClO5/c1-5(12)8(13)6-3-2-4-7(9(6)14)10(15)11(16)17/h2-5,10,14-15H,1H3,(H,16,17). The molecule has 17 heavy (non-hydrogen) atoms. The first-order chi connectivity index (χ1) is 7.86. The molecule has 0 saturated carbocycles. The van der Waals surface area contributed by atoms with E-state index in [4.69, 9.17) is 16.7 Å². The van der Waals surface area contributed by atoms with E-state index in [-0.39, 0.29) is 11.1 Å². The van der Waals surface area contributed by atoms with Crippen LogP contribution in [0.3, 0.4) is 0 Å². The zero-order valence-electron chi connectivity index (χ0n) is 8.92. The molecule has 0 radical (unpaired) electrons. The molecular weight excluding hydrogens is 248 g/mol. The van der Waals surface area contributed by atoms with Crippen molar-refractivity contribution in [3.63, 3.8) is 0 Å². The van der Waals surface area contributed by atoms with Crippen molar-refractivity contribution in [1.82, 2.24) is 0 Å². The molecule has 6 heteroatoms. The van der Waals surface area contributed by atoms with Crippen LogP contribution in [-0.2, 0) is 4.79 Å². The molecule has 92 valence electrons. The van der Waals surface area contributed by atoms with Crippen LogP contribution in [0.1, 0.15) is 28.9 Å². The Balaban J connectivity index is 3.25. The number of phenols is 1. The number of benzene rings is 1. The highest BCUT2D eigenvalue weighted by atomic mass is 35.5. The fraction of sp³-hybridized carbons (Fsp3) is 0.273. The van der Waals surface area contributed by atoms with Crippen LogP contribution in [0, 0.1) is 0 Å². The summed E-state index contributed by atoms with van der Waals surface area (Å²) in [5.41, 5.74) is -0.342. The molecule has 1 aromatic carbocycles. The number of carboxylic acids is 1. The Bertz CT molecular complexity index is 455. The van der Waals surface area contributed by atoms with E-state index in [9.17, 15) is 19.8 Å². The minimum atomic E-state index is -1.88. The van der Waals surface area contributed by atoms with Gasteiger partial charge < -0.3 is 15.3 Å². The molecule has 0 aromatic heterocycles. The van der Waals surface area contributed by atoms with Gasteiger partial charge in [0.1, 0.15) is 5.75 Å². The molecule has 1 rings (SSSR count). The van der Waals surface area contributed by atoms with E-state index in [1.54, 1.807) is 0 Å². The molecule has 0 amide bonds. The zero-order chi connectivity index (χ0) is 13.2. The lowest BCUT2D eigenvalue weighted by molar-refractivity contribution is -0.147. The summed E-state index contributed by atoms with van der Waals surface area (Å²) in [4.78, 5) is 22.2. The van der Waals surface area contributed by atoms with Crippen LogP contribution in [0.2, 0.25) is 0 Å². The summed E-state index contributed by atoms with van der Waals surface area (Å²) in [5, 5.41) is 26.8. The van der Waals surface area contributed by atoms with Crippen molar-refractivity contribution in [3.05, 3.63) is 29.3 Å². The van der Waals surface area contributed by atoms with Gasteiger partial charge in [0.05, 0.1) is 10.9 Å². The van der Waals surface area contributed by atoms with Crippen molar-refractivity contribution in [2.24, 2.45) is 0 Å². The summed E-state index contributed by atoms with van der Waals surface area (Å²) in [7, 11) is 0. The van der Waals surface area contributed by atoms with E-state index >= 15 is 0 Å². The third-order valence-electron chi connectivity index (χ3n) is 2.22. The lowest BCUT2D eigenvalue weighted by Gasteiger charge is -2.12. The van der Waals surface area contributed by atoms with Gasteiger partial charge in [0.25, 0.3) is 0 Å². The minimum absolute atomic E-state index is 0.106. The van der Waals surface area contributed by atoms with Crippen LogP contribution < -0.4 is 0 Å². The second-order valence-corrected chi connectivity index (χ2v) is 4.12. The number of aromatic hydroxyl groups is 1. The van der Waals surface area contributed by atoms with Crippen LogP contribution in [0.15, 0.2) is 18.2 Å². The minimum Gasteiger partial charge on any atom is -0.507 e. The average molecular weight is 259 g/mol. The number of halogens is 1. The Morgan fingerprint density at radius 3 is 2.41 bits per heavy atom. The molecule has 0 aliphatic rings. The Kier molecular flexibility index (Phi) is 4.09. The number of aliphatic hydroxyl groups excluding tert-OH is 1.